The molecule has 0 aromatic carbocycles. The number of aliphatic hydroxyl groups is 7. The van der Waals surface area contributed by atoms with Gasteiger partial charge in [0.15, 0.2) is 18.2 Å². The van der Waals surface area contributed by atoms with E-state index in [-0.39, 0.29) is 24.5 Å². The van der Waals surface area contributed by atoms with Crippen LogP contribution in [-0.2, 0) is 38.0 Å². The van der Waals surface area contributed by atoms with Gasteiger partial charge in [-0.25, -0.2) is 9.59 Å². The average molecular weight is 677 g/mol. The molecule has 1 saturated carbocycles. The summed E-state index contributed by atoms with van der Waals surface area (Å²) >= 11 is 0. The molecular weight excluding hydrogens is 628 g/mol. The van der Waals surface area contributed by atoms with Crippen LogP contribution in [-0.4, -0.2) is 140 Å². The van der Waals surface area contributed by atoms with Crippen LogP contribution in [0.15, 0.2) is 23.5 Å². The number of ether oxygens (including phenoxy) is 6. The lowest BCUT2D eigenvalue weighted by molar-refractivity contribution is -0.368. The van der Waals surface area contributed by atoms with Crippen molar-refractivity contribution in [3.05, 3.63) is 23.5 Å². The summed E-state index contributed by atoms with van der Waals surface area (Å²) in [6, 6.07) is 0. The fourth-order valence-electron chi connectivity index (χ4n) is 6.53. The minimum atomic E-state index is -2.11. The van der Waals surface area contributed by atoms with Crippen molar-refractivity contribution in [2.24, 2.45) is 17.8 Å². The van der Waals surface area contributed by atoms with E-state index in [0.29, 0.717) is 24.8 Å². The number of carboxylic acid groups (broad SMARTS) is 1. The van der Waals surface area contributed by atoms with Gasteiger partial charge in [-0.1, -0.05) is 13.0 Å². The van der Waals surface area contributed by atoms with Gasteiger partial charge in [-0.15, -0.1) is 0 Å². The molecule has 16 heteroatoms. The normalized spacial score (nSPS) is 41.1. The Kier molecular flexibility index (Phi) is 12.4. The fraction of sp³-hybridized carbons (Fsp3) is 0.806. The standard InChI is InChI=1S/C31H48O16/c1-15(8-10-32)5-4-6-16(2)26(39)43-13-31(41)14-44-29(24(31)36)46-23-22(35)21(34)19(11-33)45-28(23)47-27-20-17(7-9-30(20,3)40)18(12-42-27)25(37)38/h6,12,15,17,19-24,27-29,32-36,40-41H,4-5,7-11,13-14H2,1-3H3,(H,37,38)/t15?,17?,19?,20?,21?,22?,23?,24?,27?,28?,29?,30-,31?/m0/s1. The molecule has 4 aliphatic rings. The lowest BCUT2D eigenvalue weighted by Crippen LogP contribution is -2.62. The van der Waals surface area contributed by atoms with E-state index in [9.17, 15) is 45.3 Å². The van der Waals surface area contributed by atoms with Gasteiger partial charge < -0.3 is 69.3 Å². The third-order valence-electron chi connectivity index (χ3n) is 9.58. The summed E-state index contributed by atoms with van der Waals surface area (Å²) in [4.78, 5) is 24.3. The topological polar surface area (TPSA) is 251 Å². The maximum absolute atomic E-state index is 12.5. The first-order valence-corrected chi connectivity index (χ1v) is 15.8. The van der Waals surface area contributed by atoms with E-state index >= 15 is 0 Å². The highest BCUT2D eigenvalue weighted by Gasteiger charge is 2.58. The Hall–Kier alpha value is -2.22. The number of fused-ring (bicyclic) bond motifs is 1. The van der Waals surface area contributed by atoms with Crippen molar-refractivity contribution >= 4 is 11.9 Å². The molecule has 0 amide bonds. The van der Waals surface area contributed by atoms with Crippen molar-refractivity contribution in [2.45, 2.75) is 113 Å². The molecule has 2 saturated heterocycles. The molecule has 4 rings (SSSR count). The van der Waals surface area contributed by atoms with Gasteiger partial charge in [-0.3, -0.25) is 0 Å². The molecule has 0 spiro atoms. The molecule has 12 unspecified atom stereocenters. The monoisotopic (exact) mass is 676 g/mol. The zero-order valence-corrected chi connectivity index (χ0v) is 26.7. The molecule has 47 heavy (non-hydrogen) atoms. The average Bonchev–Trinajstić information content (AvgIpc) is 3.50. The molecule has 3 aliphatic heterocycles. The molecule has 0 aromatic heterocycles. The first-order chi connectivity index (χ1) is 22.1. The highest BCUT2D eigenvalue weighted by atomic mass is 16.8. The number of aliphatic carboxylic acids is 1. The van der Waals surface area contributed by atoms with E-state index in [1.807, 2.05) is 6.92 Å². The summed E-state index contributed by atoms with van der Waals surface area (Å²) in [5.74, 6) is -3.19. The van der Waals surface area contributed by atoms with Crippen LogP contribution in [0.2, 0.25) is 0 Å². The van der Waals surface area contributed by atoms with Gasteiger partial charge >= 0.3 is 11.9 Å². The quantitative estimate of drug-likeness (QED) is 0.0783. The number of allylic oxidation sites excluding steroid dienone is 1. The molecular formula is C31H48O16. The summed E-state index contributed by atoms with van der Waals surface area (Å²) < 4.78 is 33.8. The largest absolute Gasteiger partial charge is 0.478 e. The van der Waals surface area contributed by atoms with E-state index in [4.69, 9.17) is 33.5 Å². The molecule has 13 atom stereocenters. The Labute approximate surface area is 272 Å². The molecule has 268 valence electrons. The summed E-state index contributed by atoms with van der Waals surface area (Å²) in [7, 11) is 0. The van der Waals surface area contributed by atoms with Crippen LogP contribution in [0.3, 0.4) is 0 Å². The van der Waals surface area contributed by atoms with Crippen LogP contribution in [0.1, 0.15) is 52.9 Å². The Morgan fingerprint density at radius 1 is 1.09 bits per heavy atom. The summed E-state index contributed by atoms with van der Waals surface area (Å²) in [5.41, 5.74) is -3.28. The second-order valence-electron chi connectivity index (χ2n) is 13.2. The molecule has 8 N–H and O–H groups in total. The highest BCUT2D eigenvalue weighted by Crippen LogP contribution is 2.49. The van der Waals surface area contributed by atoms with Crippen LogP contribution in [0.4, 0.5) is 0 Å². The van der Waals surface area contributed by atoms with Crippen molar-refractivity contribution < 1.29 is 78.9 Å². The summed E-state index contributed by atoms with van der Waals surface area (Å²) in [6.45, 7) is 3.20. The van der Waals surface area contributed by atoms with Crippen molar-refractivity contribution in [1.29, 1.82) is 0 Å². The van der Waals surface area contributed by atoms with E-state index < -0.39 is 104 Å². The van der Waals surface area contributed by atoms with Crippen molar-refractivity contribution in [2.75, 3.05) is 26.4 Å². The number of carbonyl (C=O) groups is 2. The number of aliphatic hydroxyl groups excluding tert-OH is 5. The number of esters is 1. The first-order valence-electron chi connectivity index (χ1n) is 15.8. The third kappa shape index (κ3) is 8.33. The van der Waals surface area contributed by atoms with Gasteiger partial charge in [0.1, 0.15) is 37.1 Å². The Morgan fingerprint density at radius 2 is 1.81 bits per heavy atom. The maximum atomic E-state index is 12.5. The Morgan fingerprint density at radius 3 is 2.47 bits per heavy atom. The van der Waals surface area contributed by atoms with Gasteiger partial charge in [0.05, 0.1) is 36.6 Å². The smallest absolute Gasteiger partial charge is 0.334 e. The second kappa shape index (κ2) is 15.6. The zero-order valence-electron chi connectivity index (χ0n) is 26.7. The van der Waals surface area contributed by atoms with Crippen LogP contribution < -0.4 is 0 Å². The predicted octanol–water partition coefficient (Wildman–Crippen LogP) is -1.33. The Bertz CT molecular complexity index is 1160. The minimum absolute atomic E-state index is 0.0468. The zero-order chi connectivity index (χ0) is 34.7. The van der Waals surface area contributed by atoms with Crippen LogP contribution in [0.5, 0.6) is 0 Å². The molecule has 0 aromatic rings. The lowest BCUT2D eigenvalue weighted by Gasteiger charge is -2.45. The van der Waals surface area contributed by atoms with Crippen LogP contribution in [0, 0.1) is 17.8 Å². The van der Waals surface area contributed by atoms with Crippen LogP contribution in [0.25, 0.3) is 0 Å². The first kappa shape index (κ1) is 37.6. The number of rotatable bonds is 14. The van der Waals surface area contributed by atoms with E-state index in [0.717, 1.165) is 12.7 Å². The second-order valence-corrected chi connectivity index (χ2v) is 13.2. The number of carboxylic acids is 1. The Balaban J connectivity index is 1.43. The predicted molar refractivity (Wildman–Crippen MR) is 157 cm³/mol. The molecule has 1 aliphatic carbocycles. The fourth-order valence-corrected chi connectivity index (χ4v) is 6.53. The molecule has 0 bridgehead atoms. The van der Waals surface area contributed by atoms with Crippen molar-refractivity contribution in [1.82, 2.24) is 0 Å². The van der Waals surface area contributed by atoms with Gasteiger partial charge in [0.25, 0.3) is 0 Å². The summed E-state index contributed by atoms with van der Waals surface area (Å²) in [6.07, 6.45) is -7.54. The number of carbonyl (C=O) groups excluding carboxylic acids is 1. The van der Waals surface area contributed by atoms with Gasteiger partial charge in [-0.2, -0.15) is 0 Å². The number of hydrogen-bond acceptors (Lipinski definition) is 15. The van der Waals surface area contributed by atoms with E-state index in [1.165, 1.54) is 6.92 Å². The van der Waals surface area contributed by atoms with Gasteiger partial charge in [0.2, 0.25) is 6.29 Å². The van der Waals surface area contributed by atoms with Crippen molar-refractivity contribution in [3.63, 3.8) is 0 Å². The minimum Gasteiger partial charge on any atom is -0.478 e. The highest BCUT2D eigenvalue weighted by molar-refractivity contribution is 5.88. The van der Waals surface area contributed by atoms with Crippen molar-refractivity contribution in [3.8, 4) is 0 Å². The molecule has 3 heterocycles. The van der Waals surface area contributed by atoms with E-state index in [2.05, 4.69) is 0 Å². The summed E-state index contributed by atoms with van der Waals surface area (Å²) in [5, 5.41) is 83.1. The third-order valence-corrected chi connectivity index (χ3v) is 9.58. The molecule has 3 fully saturated rings. The molecule has 0 radical (unpaired) electrons. The SMILES string of the molecule is CC(=CCCC(C)CCO)C(=O)OCC1(O)COC(OC2C(OC3OC=C(C(=O)O)C4CC[C@](C)(O)C34)OC(CO)C(O)C2O)C1O. The lowest BCUT2D eigenvalue weighted by atomic mass is 9.81. The molecule has 16 nitrogen and oxygen atoms in total. The number of hydrogen-bond donors (Lipinski definition) is 8. The van der Waals surface area contributed by atoms with Gasteiger partial charge in [0, 0.05) is 18.1 Å². The van der Waals surface area contributed by atoms with Crippen LogP contribution >= 0.6 is 0 Å². The van der Waals surface area contributed by atoms with Gasteiger partial charge in [-0.05, 0) is 51.9 Å². The van der Waals surface area contributed by atoms with E-state index in [1.54, 1.807) is 13.0 Å². The maximum Gasteiger partial charge on any atom is 0.334 e.